The smallest absolute Gasteiger partial charge is 0.240 e. The highest BCUT2D eigenvalue weighted by Gasteiger charge is 2.08. The van der Waals surface area contributed by atoms with Crippen molar-refractivity contribution in [1.29, 1.82) is 0 Å². The van der Waals surface area contributed by atoms with Crippen molar-refractivity contribution in [3.05, 3.63) is 29.3 Å². The van der Waals surface area contributed by atoms with Crippen LogP contribution in [0.1, 0.15) is 51.2 Å². The fourth-order valence-electron chi connectivity index (χ4n) is 2.24. The summed E-state index contributed by atoms with van der Waals surface area (Å²) in [4.78, 5) is 23.6. The first-order chi connectivity index (χ1) is 10.8. The van der Waals surface area contributed by atoms with Crippen LogP contribution in [0.15, 0.2) is 23.3 Å². The Morgan fingerprint density at radius 3 is 2.39 bits per heavy atom. The number of rotatable bonds is 7. The van der Waals surface area contributed by atoms with Crippen LogP contribution in [0.3, 0.4) is 0 Å². The van der Waals surface area contributed by atoms with Gasteiger partial charge >= 0.3 is 0 Å². The van der Waals surface area contributed by atoms with Crippen LogP contribution in [0, 0.1) is 19.8 Å². The minimum absolute atomic E-state index is 0.120. The van der Waals surface area contributed by atoms with Gasteiger partial charge < -0.3 is 5.32 Å². The molecule has 0 aromatic heterocycles. The summed E-state index contributed by atoms with van der Waals surface area (Å²) in [6.45, 7) is 10.0. The number of hydrogen-bond donors (Lipinski definition) is 2. The summed E-state index contributed by atoms with van der Waals surface area (Å²) in [6.07, 6.45) is 1.10. The summed E-state index contributed by atoms with van der Waals surface area (Å²) in [7, 11) is 0. The van der Waals surface area contributed by atoms with E-state index in [0.717, 1.165) is 28.9 Å². The molecule has 1 aromatic carbocycles. The molecule has 1 aromatic rings. The molecular weight excluding hydrogens is 290 g/mol. The average molecular weight is 317 g/mol. The molecule has 0 unspecified atom stereocenters. The van der Waals surface area contributed by atoms with Crippen molar-refractivity contribution < 1.29 is 9.59 Å². The van der Waals surface area contributed by atoms with Gasteiger partial charge in [0, 0.05) is 24.2 Å². The van der Waals surface area contributed by atoms with Gasteiger partial charge in [-0.1, -0.05) is 31.5 Å². The molecule has 2 N–H and O–H groups in total. The lowest BCUT2D eigenvalue weighted by Gasteiger charge is -2.09. The highest BCUT2D eigenvalue weighted by atomic mass is 16.2. The number of aryl methyl sites for hydroxylation is 2. The zero-order valence-corrected chi connectivity index (χ0v) is 14.7. The van der Waals surface area contributed by atoms with Gasteiger partial charge in [0.1, 0.15) is 0 Å². The monoisotopic (exact) mass is 317 g/mol. The van der Waals surface area contributed by atoms with E-state index in [4.69, 9.17) is 0 Å². The van der Waals surface area contributed by atoms with Crippen molar-refractivity contribution in [2.75, 3.05) is 5.32 Å². The Labute approximate surface area is 138 Å². The summed E-state index contributed by atoms with van der Waals surface area (Å²) in [5.74, 6) is 0.0815. The third kappa shape index (κ3) is 7.58. The van der Waals surface area contributed by atoms with Crippen LogP contribution in [0.25, 0.3) is 0 Å². The van der Waals surface area contributed by atoms with E-state index in [1.165, 1.54) is 0 Å². The lowest BCUT2D eigenvalue weighted by molar-refractivity contribution is -0.124. The topological polar surface area (TPSA) is 70.6 Å². The molecule has 0 bridgehead atoms. The van der Waals surface area contributed by atoms with E-state index >= 15 is 0 Å². The maximum Gasteiger partial charge on any atom is 0.240 e. The molecule has 0 radical (unpaired) electrons. The number of carbonyl (C=O) groups is 2. The Morgan fingerprint density at radius 2 is 1.78 bits per heavy atom. The van der Waals surface area contributed by atoms with Gasteiger partial charge in [-0.3, -0.25) is 9.59 Å². The highest BCUT2D eigenvalue weighted by Crippen LogP contribution is 2.16. The molecule has 0 aliphatic carbocycles. The molecule has 0 atom stereocenters. The second-order valence-electron chi connectivity index (χ2n) is 6.35. The largest absolute Gasteiger partial charge is 0.326 e. The summed E-state index contributed by atoms with van der Waals surface area (Å²) in [5, 5.41) is 6.86. The Bertz CT molecular complexity index is 592. The molecule has 0 aliphatic rings. The molecule has 0 saturated carbocycles. The van der Waals surface area contributed by atoms with Gasteiger partial charge in [0.15, 0.2) is 0 Å². The summed E-state index contributed by atoms with van der Waals surface area (Å²) in [6, 6.07) is 5.83. The third-order valence-corrected chi connectivity index (χ3v) is 3.31. The van der Waals surface area contributed by atoms with Crippen molar-refractivity contribution in [2.24, 2.45) is 11.0 Å². The highest BCUT2D eigenvalue weighted by molar-refractivity contribution is 5.94. The van der Waals surface area contributed by atoms with Gasteiger partial charge in [-0.15, -0.1) is 0 Å². The Balaban J connectivity index is 2.39. The molecule has 126 valence electrons. The maximum absolute atomic E-state index is 11.9. The number of carbonyl (C=O) groups excluding carboxylic acids is 2. The number of nitrogens with zero attached hydrogens (tertiary/aromatic N) is 1. The van der Waals surface area contributed by atoms with Gasteiger partial charge in [0.2, 0.25) is 11.8 Å². The fourth-order valence-corrected chi connectivity index (χ4v) is 2.24. The molecular formula is C18H27N3O2. The fraction of sp³-hybridized carbons (Fsp3) is 0.500. The van der Waals surface area contributed by atoms with E-state index in [0.29, 0.717) is 5.92 Å². The zero-order chi connectivity index (χ0) is 17.4. The third-order valence-electron chi connectivity index (χ3n) is 3.31. The van der Waals surface area contributed by atoms with E-state index in [1.807, 2.05) is 39.0 Å². The summed E-state index contributed by atoms with van der Waals surface area (Å²) in [5.41, 5.74) is 6.32. The van der Waals surface area contributed by atoms with Crippen molar-refractivity contribution in [3.8, 4) is 0 Å². The lowest BCUT2D eigenvalue weighted by atomic mass is 10.1. The molecule has 0 saturated heterocycles. The molecule has 5 nitrogen and oxygen atoms in total. The van der Waals surface area contributed by atoms with E-state index in [2.05, 4.69) is 29.7 Å². The Hall–Kier alpha value is -2.17. The first kappa shape index (κ1) is 18.9. The minimum Gasteiger partial charge on any atom is -0.326 e. The number of hydrazone groups is 1. The predicted molar refractivity (Wildman–Crippen MR) is 94.5 cm³/mol. The number of nitrogens with one attached hydrogen (secondary N) is 2. The van der Waals surface area contributed by atoms with Crippen molar-refractivity contribution >= 4 is 23.2 Å². The first-order valence-corrected chi connectivity index (χ1v) is 7.97. The number of amides is 2. The van der Waals surface area contributed by atoms with E-state index in [1.54, 1.807) is 0 Å². The minimum atomic E-state index is -0.246. The Kier molecular flexibility index (Phi) is 7.45. The van der Waals surface area contributed by atoms with Crippen LogP contribution in [0.5, 0.6) is 0 Å². The molecule has 2 amide bonds. The second-order valence-corrected chi connectivity index (χ2v) is 6.35. The number of benzene rings is 1. The number of hydrogen-bond acceptors (Lipinski definition) is 3. The maximum atomic E-state index is 11.9. The molecule has 5 heteroatoms. The van der Waals surface area contributed by atoms with Crippen LogP contribution >= 0.6 is 0 Å². The lowest BCUT2D eigenvalue weighted by Crippen LogP contribution is -2.22. The van der Waals surface area contributed by atoms with E-state index in [9.17, 15) is 9.59 Å². The standard InChI is InChI=1S/C18H27N3O2/c1-12(2)10-15(5)20-21-18(23)9-8-17(22)19-16-7-6-13(3)11-14(16)4/h6-7,11-12H,8-10H2,1-5H3,(H,19,22)(H,21,23)/b20-15-. The van der Waals surface area contributed by atoms with Crippen molar-refractivity contribution in [2.45, 2.75) is 53.9 Å². The van der Waals surface area contributed by atoms with Crippen LogP contribution in [0.2, 0.25) is 0 Å². The first-order valence-electron chi connectivity index (χ1n) is 7.97. The van der Waals surface area contributed by atoms with E-state index < -0.39 is 0 Å². The van der Waals surface area contributed by atoms with Gasteiger partial charge in [0.25, 0.3) is 0 Å². The quantitative estimate of drug-likeness (QED) is 0.596. The Morgan fingerprint density at radius 1 is 1.13 bits per heavy atom. The molecule has 0 aliphatic heterocycles. The van der Waals surface area contributed by atoms with Gasteiger partial charge in [0.05, 0.1) is 0 Å². The van der Waals surface area contributed by atoms with Crippen LogP contribution in [-0.4, -0.2) is 17.5 Å². The summed E-state index contributed by atoms with van der Waals surface area (Å²) >= 11 is 0. The average Bonchev–Trinajstić information content (AvgIpc) is 2.45. The molecule has 0 fully saturated rings. The SMILES string of the molecule is C/C(CC(C)C)=N/NC(=O)CCC(=O)Nc1ccc(C)cc1C. The van der Waals surface area contributed by atoms with Gasteiger partial charge in [-0.25, -0.2) is 5.43 Å². The predicted octanol–water partition coefficient (Wildman–Crippen LogP) is 3.56. The van der Waals surface area contributed by atoms with Crippen molar-refractivity contribution in [1.82, 2.24) is 5.43 Å². The van der Waals surface area contributed by atoms with Gasteiger partial charge in [-0.05, 0) is 44.7 Å². The van der Waals surface area contributed by atoms with Crippen LogP contribution in [0.4, 0.5) is 5.69 Å². The molecule has 0 spiro atoms. The molecule has 23 heavy (non-hydrogen) atoms. The normalized spacial score (nSPS) is 11.5. The molecule has 1 rings (SSSR count). The summed E-state index contributed by atoms with van der Waals surface area (Å²) < 4.78 is 0. The molecule has 0 heterocycles. The van der Waals surface area contributed by atoms with Crippen LogP contribution in [-0.2, 0) is 9.59 Å². The van der Waals surface area contributed by atoms with Gasteiger partial charge in [-0.2, -0.15) is 5.10 Å². The van der Waals surface area contributed by atoms with Crippen molar-refractivity contribution in [3.63, 3.8) is 0 Å². The zero-order valence-electron chi connectivity index (χ0n) is 14.7. The van der Waals surface area contributed by atoms with Crippen LogP contribution < -0.4 is 10.7 Å². The van der Waals surface area contributed by atoms with E-state index in [-0.39, 0.29) is 24.7 Å². The number of anilines is 1. The second kappa shape index (κ2) is 9.08.